The van der Waals surface area contributed by atoms with E-state index in [1.54, 1.807) is 0 Å². The van der Waals surface area contributed by atoms with Crippen LogP contribution in [0.25, 0.3) is 21.3 Å². The Morgan fingerprint density at radius 3 is 1.77 bits per heavy atom. The van der Waals surface area contributed by atoms with E-state index in [2.05, 4.69) is 22.5 Å². The van der Waals surface area contributed by atoms with Gasteiger partial charge in [-0.25, -0.2) is 9.97 Å². The molecule has 4 N–H and O–H groups in total. The van der Waals surface area contributed by atoms with Crippen molar-refractivity contribution in [1.82, 2.24) is 19.4 Å². The van der Waals surface area contributed by atoms with Crippen molar-refractivity contribution in [2.45, 2.75) is 64.3 Å². The first-order valence-electron chi connectivity index (χ1n) is 21.4. The van der Waals surface area contributed by atoms with Gasteiger partial charge in [0, 0.05) is 44.1 Å². The highest BCUT2D eigenvalue weighted by Crippen LogP contribution is 2.40. The van der Waals surface area contributed by atoms with E-state index in [9.17, 15) is 0 Å². The third-order valence-electron chi connectivity index (χ3n) is 10.4. The Morgan fingerprint density at radius 2 is 1.25 bits per heavy atom. The molecule has 0 aromatic carbocycles. The Balaban J connectivity index is 0.869. The van der Waals surface area contributed by atoms with Crippen LogP contribution in [0.2, 0.25) is 0 Å². The smallest absolute Gasteiger partial charge is 0.152 e. The van der Waals surface area contributed by atoms with E-state index in [1.165, 1.54) is 15.1 Å². The normalized spacial score (nSPS) is 16.2. The van der Waals surface area contributed by atoms with Crippen LogP contribution in [0.1, 0.15) is 62.1 Å². The highest BCUT2D eigenvalue weighted by Gasteiger charge is 2.26. The van der Waals surface area contributed by atoms with Crippen LogP contribution in [0, 0.1) is 5.92 Å². The van der Waals surface area contributed by atoms with Gasteiger partial charge in [-0.3, -0.25) is 0 Å². The summed E-state index contributed by atoms with van der Waals surface area (Å²) in [7, 11) is 0. The predicted molar refractivity (Wildman–Crippen MR) is 223 cm³/mol. The number of nitrogens with two attached hydrogens (primary N) is 2. The molecule has 0 spiro atoms. The predicted octanol–water partition coefficient (Wildman–Crippen LogP) is 4.27. The summed E-state index contributed by atoms with van der Waals surface area (Å²) < 4.78 is 53.7. The van der Waals surface area contributed by atoms with Crippen molar-refractivity contribution in [1.29, 1.82) is 0 Å². The average Bonchev–Trinajstić information content (AvgIpc) is 3.82. The molecular formula is C41H70N6O9S. The lowest BCUT2D eigenvalue weighted by molar-refractivity contribution is -0.0234. The van der Waals surface area contributed by atoms with Gasteiger partial charge in [-0.15, -0.1) is 11.3 Å². The second kappa shape index (κ2) is 27.7. The standard InChI is InChI=1S/C41H70N6O9S/c1-2-3-4-37-45-38-39(47(37)32-33-7-13-48-14-8-33)40-35(44-41(38)43)31-36(57-40)34-5-10-46(11-6-34)12-16-50-18-20-52-22-24-54-26-28-56-30-29-55-27-25-53-23-21-51-19-17-49-15-9-42/h31,33-34H,2-30,32,42H2,1H3,(H2,43,44). The highest BCUT2D eigenvalue weighted by molar-refractivity contribution is 7.20. The summed E-state index contributed by atoms with van der Waals surface area (Å²) in [4.78, 5) is 13.9. The molecule has 2 aliphatic rings. The zero-order valence-corrected chi connectivity index (χ0v) is 35.3. The summed E-state index contributed by atoms with van der Waals surface area (Å²) in [6.07, 6.45) is 7.70. The van der Waals surface area contributed by atoms with Crippen molar-refractivity contribution in [3.8, 4) is 0 Å². The van der Waals surface area contributed by atoms with E-state index in [0.29, 0.717) is 130 Å². The molecule has 0 aliphatic carbocycles. The van der Waals surface area contributed by atoms with Crippen molar-refractivity contribution in [2.24, 2.45) is 11.7 Å². The van der Waals surface area contributed by atoms with Crippen LogP contribution < -0.4 is 11.5 Å². The quantitative estimate of drug-likeness (QED) is 0.0857. The fourth-order valence-corrected chi connectivity index (χ4v) is 8.53. The molecule has 5 heterocycles. The molecule has 324 valence electrons. The summed E-state index contributed by atoms with van der Waals surface area (Å²) in [5.41, 5.74) is 15.0. The second-order valence-electron chi connectivity index (χ2n) is 14.7. The van der Waals surface area contributed by atoms with Crippen LogP contribution >= 0.6 is 11.3 Å². The number of pyridine rings is 1. The lowest BCUT2D eigenvalue weighted by Crippen LogP contribution is -2.35. The van der Waals surface area contributed by atoms with Crippen LogP contribution in [-0.2, 0) is 55.6 Å². The van der Waals surface area contributed by atoms with E-state index in [-0.39, 0.29) is 0 Å². The molecule has 16 heteroatoms. The van der Waals surface area contributed by atoms with Crippen LogP contribution in [0.4, 0.5) is 5.82 Å². The van der Waals surface area contributed by atoms with Gasteiger partial charge in [0.15, 0.2) is 5.82 Å². The fourth-order valence-electron chi connectivity index (χ4n) is 7.21. The molecule has 2 saturated heterocycles. The first-order chi connectivity index (χ1) is 28.2. The average molecular weight is 823 g/mol. The number of aromatic nitrogens is 3. The van der Waals surface area contributed by atoms with Crippen molar-refractivity contribution in [2.75, 3.05) is 151 Å². The van der Waals surface area contributed by atoms with Gasteiger partial charge >= 0.3 is 0 Å². The number of nitrogen functional groups attached to an aromatic ring is 1. The Kier molecular flexibility index (Phi) is 22.3. The van der Waals surface area contributed by atoms with Crippen LogP contribution in [0.5, 0.6) is 0 Å². The molecule has 0 saturated carbocycles. The molecule has 0 unspecified atom stereocenters. The minimum absolute atomic E-state index is 0.523. The van der Waals surface area contributed by atoms with Crippen molar-refractivity contribution < 1.29 is 42.6 Å². The number of hydrogen-bond acceptors (Lipinski definition) is 15. The minimum Gasteiger partial charge on any atom is -0.382 e. The van der Waals surface area contributed by atoms with Gasteiger partial charge in [-0.05, 0) is 63.1 Å². The number of thiophene rings is 1. The van der Waals surface area contributed by atoms with Gasteiger partial charge in [0.05, 0.1) is 121 Å². The number of hydrogen-bond donors (Lipinski definition) is 2. The molecule has 57 heavy (non-hydrogen) atoms. The molecule has 0 amide bonds. The monoisotopic (exact) mass is 822 g/mol. The molecule has 15 nitrogen and oxygen atoms in total. The summed E-state index contributed by atoms with van der Waals surface area (Å²) in [5.74, 6) is 2.84. The van der Waals surface area contributed by atoms with Crippen LogP contribution in [0.15, 0.2) is 6.07 Å². The summed E-state index contributed by atoms with van der Waals surface area (Å²) in [6.45, 7) is 17.3. The maximum atomic E-state index is 6.58. The molecule has 2 fully saturated rings. The molecule has 5 rings (SSSR count). The molecular weight excluding hydrogens is 753 g/mol. The third kappa shape index (κ3) is 16.1. The molecule has 2 aliphatic heterocycles. The van der Waals surface area contributed by atoms with E-state index in [4.69, 9.17) is 64.1 Å². The van der Waals surface area contributed by atoms with Gasteiger partial charge in [0.2, 0.25) is 0 Å². The van der Waals surface area contributed by atoms with Gasteiger partial charge in [0.1, 0.15) is 11.3 Å². The van der Waals surface area contributed by atoms with Crippen molar-refractivity contribution >= 4 is 38.4 Å². The van der Waals surface area contributed by atoms with Gasteiger partial charge in [-0.2, -0.15) is 0 Å². The van der Waals surface area contributed by atoms with Crippen LogP contribution in [-0.4, -0.2) is 165 Å². The number of aryl methyl sites for hydroxylation is 1. The summed E-state index contributed by atoms with van der Waals surface area (Å²) in [6, 6.07) is 2.30. The maximum Gasteiger partial charge on any atom is 0.152 e. The first kappa shape index (κ1) is 46.0. The zero-order valence-electron chi connectivity index (χ0n) is 34.5. The molecule has 0 radical (unpaired) electrons. The fraction of sp³-hybridized carbons (Fsp3) is 0.805. The largest absolute Gasteiger partial charge is 0.382 e. The van der Waals surface area contributed by atoms with Crippen molar-refractivity contribution in [3.05, 3.63) is 16.8 Å². The van der Waals surface area contributed by atoms with E-state index < -0.39 is 0 Å². The number of ether oxygens (including phenoxy) is 9. The number of unbranched alkanes of at least 4 members (excludes halogenated alkanes) is 1. The molecule has 0 atom stereocenters. The van der Waals surface area contributed by atoms with Gasteiger partial charge in [0.25, 0.3) is 0 Å². The molecule has 0 bridgehead atoms. The number of imidazole rings is 1. The molecule has 3 aromatic rings. The Bertz CT molecular complexity index is 1500. The number of piperidine rings is 1. The van der Waals surface area contributed by atoms with E-state index in [1.807, 2.05) is 11.3 Å². The topological polar surface area (TPSA) is 169 Å². The Labute approximate surface area is 343 Å². The van der Waals surface area contributed by atoms with E-state index >= 15 is 0 Å². The van der Waals surface area contributed by atoms with Crippen LogP contribution in [0.3, 0.4) is 0 Å². The Hall–Kier alpha value is -2.06. The lowest BCUT2D eigenvalue weighted by atomic mass is 9.95. The van der Waals surface area contributed by atoms with Gasteiger partial charge < -0.3 is 63.6 Å². The Morgan fingerprint density at radius 1 is 0.719 bits per heavy atom. The maximum absolute atomic E-state index is 6.58. The SMILES string of the molecule is CCCCc1nc2c(N)nc3cc(C4CCN(CCOCCOCCOCCOCCOCCOCCOCCOCCN)CC4)sc3c2n1CC1CCOCC1. The number of rotatable bonds is 32. The molecule has 3 aromatic heterocycles. The second-order valence-corrected chi connectivity index (χ2v) is 15.7. The zero-order chi connectivity index (χ0) is 39.8. The lowest BCUT2D eigenvalue weighted by Gasteiger charge is -2.31. The summed E-state index contributed by atoms with van der Waals surface area (Å²) in [5, 5.41) is 0. The highest BCUT2D eigenvalue weighted by atomic mass is 32.1. The minimum atomic E-state index is 0.523. The first-order valence-corrected chi connectivity index (χ1v) is 22.2. The summed E-state index contributed by atoms with van der Waals surface area (Å²) >= 11 is 1.91. The van der Waals surface area contributed by atoms with Crippen molar-refractivity contribution in [3.63, 3.8) is 0 Å². The van der Waals surface area contributed by atoms with Gasteiger partial charge in [-0.1, -0.05) is 13.3 Å². The number of anilines is 1. The van der Waals surface area contributed by atoms with E-state index in [0.717, 1.165) is 101 Å². The number of nitrogens with zero attached hydrogens (tertiary/aromatic N) is 4. The third-order valence-corrected chi connectivity index (χ3v) is 11.7. The number of fused-ring (bicyclic) bond motifs is 3. The number of likely N-dealkylation sites (tertiary alicyclic amines) is 1.